The highest BCUT2D eigenvalue weighted by Gasteiger charge is 2.25. The Hall–Kier alpha value is -1.07. The Morgan fingerprint density at radius 2 is 1.65 bits per heavy atom. The Bertz CT molecular complexity index is 472. The van der Waals surface area contributed by atoms with Crippen LogP contribution >= 0.6 is 0 Å². The van der Waals surface area contributed by atoms with Gasteiger partial charge in [0.15, 0.2) is 0 Å². The molecule has 0 spiro atoms. The average Bonchev–Trinajstić information content (AvgIpc) is 2.16. The highest BCUT2D eigenvalue weighted by Crippen LogP contribution is 2.21. The lowest BCUT2D eigenvalue weighted by Gasteiger charge is -2.27. The number of benzene rings is 1. The third-order valence-corrected chi connectivity index (χ3v) is 4.38. The summed E-state index contributed by atoms with van der Waals surface area (Å²) in [6.07, 6.45) is 0. The highest BCUT2D eigenvalue weighted by atomic mass is 32.2. The molecule has 1 aromatic carbocycles. The van der Waals surface area contributed by atoms with Crippen LogP contribution in [0.3, 0.4) is 0 Å². The average molecular weight is 256 g/mol. The van der Waals surface area contributed by atoms with Gasteiger partial charge in [0.25, 0.3) is 0 Å². The second-order valence-corrected chi connectivity index (χ2v) is 6.99. The van der Waals surface area contributed by atoms with Gasteiger partial charge in [-0.3, -0.25) is 0 Å². The predicted molar refractivity (Wildman–Crippen MR) is 70.1 cm³/mol. The number of sulfonamides is 1. The van der Waals surface area contributed by atoms with Gasteiger partial charge in [-0.2, -0.15) is 0 Å². The fraction of sp³-hybridized carbons (Fsp3) is 0.500. The van der Waals surface area contributed by atoms with E-state index in [2.05, 4.69) is 4.72 Å². The molecule has 0 radical (unpaired) electrons. The minimum absolute atomic E-state index is 0.124. The molecule has 0 aliphatic carbocycles. The summed E-state index contributed by atoms with van der Waals surface area (Å²) in [7, 11) is -3.46. The van der Waals surface area contributed by atoms with Crippen molar-refractivity contribution in [1.82, 2.24) is 4.72 Å². The topological polar surface area (TPSA) is 72.2 Å². The zero-order chi connectivity index (χ0) is 13.3. The van der Waals surface area contributed by atoms with Crippen molar-refractivity contribution in [2.45, 2.75) is 38.6 Å². The highest BCUT2D eigenvalue weighted by molar-refractivity contribution is 7.89. The molecule has 0 aliphatic heterocycles. The van der Waals surface area contributed by atoms with Crippen LogP contribution in [0.5, 0.6) is 0 Å². The molecule has 17 heavy (non-hydrogen) atoms. The van der Waals surface area contributed by atoms with Crippen molar-refractivity contribution in [3.05, 3.63) is 24.3 Å². The van der Waals surface area contributed by atoms with E-state index in [-0.39, 0.29) is 16.4 Å². The van der Waals surface area contributed by atoms with Gasteiger partial charge < -0.3 is 5.73 Å². The van der Waals surface area contributed by atoms with Gasteiger partial charge in [-0.05, 0) is 36.6 Å². The van der Waals surface area contributed by atoms with Gasteiger partial charge in [-0.25, -0.2) is 13.1 Å². The van der Waals surface area contributed by atoms with Crippen molar-refractivity contribution < 1.29 is 8.42 Å². The molecule has 0 saturated carbocycles. The predicted octanol–water partition coefficient (Wildman–Crippen LogP) is 1.98. The van der Waals surface area contributed by atoms with Gasteiger partial charge in [0.05, 0.1) is 4.90 Å². The number of nitrogens with two attached hydrogens (primary N) is 1. The van der Waals surface area contributed by atoms with Crippen LogP contribution in [0.4, 0.5) is 5.69 Å². The standard InChI is InChI=1S/C12H20N2O2S/c1-9(12(2,3)4)14-17(15,16)11-7-5-10(13)6-8-11/h5-9,14H,13H2,1-4H3. The van der Waals surface area contributed by atoms with E-state index in [4.69, 9.17) is 5.73 Å². The first kappa shape index (κ1) is 14.0. The summed E-state index contributed by atoms with van der Waals surface area (Å²) < 4.78 is 26.8. The van der Waals surface area contributed by atoms with Crippen molar-refractivity contribution in [3.8, 4) is 0 Å². The van der Waals surface area contributed by atoms with Crippen LogP contribution in [0.15, 0.2) is 29.2 Å². The molecule has 0 heterocycles. The van der Waals surface area contributed by atoms with E-state index in [0.717, 1.165) is 0 Å². The molecule has 1 aromatic rings. The van der Waals surface area contributed by atoms with E-state index in [0.29, 0.717) is 5.69 Å². The maximum Gasteiger partial charge on any atom is 0.240 e. The number of rotatable bonds is 3. The van der Waals surface area contributed by atoms with E-state index in [9.17, 15) is 8.42 Å². The van der Waals surface area contributed by atoms with Crippen molar-refractivity contribution in [2.75, 3.05) is 5.73 Å². The Labute approximate surface area is 103 Å². The normalized spacial score (nSPS) is 14.6. The van der Waals surface area contributed by atoms with Gasteiger partial charge in [-0.1, -0.05) is 20.8 Å². The van der Waals surface area contributed by atoms with E-state index in [1.54, 1.807) is 12.1 Å². The molecule has 96 valence electrons. The molecule has 1 unspecified atom stereocenters. The lowest BCUT2D eigenvalue weighted by molar-refractivity contribution is 0.317. The molecular weight excluding hydrogens is 236 g/mol. The summed E-state index contributed by atoms with van der Waals surface area (Å²) in [6.45, 7) is 7.82. The van der Waals surface area contributed by atoms with E-state index in [1.165, 1.54) is 12.1 Å². The van der Waals surface area contributed by atoms with Crippen molar-refractivity contribution >= 4 is 15.7 Å². The van der Waals surface area contributed by atoms with Gasteiger partial charge in [0.1, 0.15) is 0 Å². The zero-order valence-electron chi connectivity index (χ0n) is 10.7. The van der Waals surface area contributed by atoms with Crippen LogP contribution in [0.2, 0.25) is 0 Å². The molecule has 0 aromatic heterocycles. The summed E-state index contributed by atoms with van der Waals surface area (Å²) in [5, 5.41) is 0. The summed E-state index contributed by atoms with van der Waals surface area (Å²) in [5.41, 5.74) is 5.95. The number of hydrogen-bond donors (Lipinski definition) is 2. The minimum Gasteiger partial charge on any atom is -0.399 e. The minimum atomic E-state index is -3.46. The fourth-order valence-electron chi connectivity index (χ4n) is 1.12. The summed E-state index contributed by atoms with van der Waals surface area (Å²) in [4.78, 5) is 0.239. The van der Waals surface area contributed by atoms with Crippen molar-refractivity contribution in [3.63, 3.8) is 0 Å². The first-order chi connectivity index (χ1) is 7.63. The van der Waals surface area contributed by atoms with Crippen LogP contribution in [-0.2, 0) is 10.0 Å². The molecule has 0 bridgehead atoms. The monoisotopic (exact) mass is 256 g/mol. The number of hydrogen-bond acceptors (Lipinski definition) is 3. The first-order valence-corrected chi connectivity index (χ1v) is 6.99. The second kappa shape index (κ2) is 4.66. The Kier molecular flexibility index (Phi) is 3.84. The molecule has 4 nitrogen and oxygen atoms in total. The van der Waals surface area contributed by atoms with Crippen LogP contribution in [0, 0.1) is 5.41 Å². The Morgan fingerprint density at radius 1 is 1.18 bits per heavy atom. The molecule has 0 amide bonds. The van der Waals surface area contributed by atoms with Gasteiger partial charge >= 0.3 is 0 Å². The van der Waals surface area contributed by atoms with Gasteiger partial charge in [0, 0.05) is 11.7 Å². The zero-order valence-corrected chi connectivity index (χ0v) is 11.5. The molecule has 3 N–H and O–H groups in total. The lowest BCUT2D eigenvalue weighted by atomic mass is 9.89. The molecule has 5 heteroatoms. The summed E-state index contributed by atoms with van der Waals surface area (Å²) >= 11 is 0. The fourth-order valence-corrected chi connectivity index (χ4v) is 2.57. The van der Waals surface area contributed by atoms with Crippen molar-refractivity contribution in [1.29, 1.82) is 0 Å². The number of nitrogens with one attached hydrogen (secondary N) is 1. The third kappa shape index (κ3) is 3.71. The number of anilines is 1. The summed E-state index contributed by atoms with van der Waals surface area (Å²) in [5.74, 6) is 0. The summed E-state index contributed by atoms with van der Waals surface area (Å²) in [6, 6.07) is 6.03. The van der Waals surface area contributed by atoms with Crippen LogP contribution in [0.1, 0.15) is 27.7 Å². The third-order valence-electron chi connectivity index (χ3n) is 2.82. The first-order valence-electron chi connectivity index (χ1n) is 5.51. The largest absolute Gasteiger partial charge is 0.399 e. The van der Waals surface area contributed by atoms with Crippen LogP contribution in [-0.4, -0.2) is 14.5 Å². The smallest absolute Gasteiger partial charge is 0.240 e. The quantitative estimate of drug-likeness (QED) is 0.812. The van der Waals surface area contributed by atoms with E-state index >= 15 is 0 Å². The lowest BCUT2D eigenvalue weighted by Crippen LogP contribution is -2.41. The molecular formula is C12H20N2O2S. The van der Waals surface area contributed by atoms with Crippen LogP contribution in [0.25, 0.3) is 0 Å². The number of nitrogen functional groups attached to an aromatic ring is 1. The van der Waals surface area contributed by atoms with Crippen molar-refractivity contribution in [2.24, 2.45) is 5.41 Å². The van der Waals surface area contributed by atoms with Crippen LogP contribution < -0.4 is 10.5 Å². The Balaban J connectivity index is 2.94. The SMILES string of the molecule is CC(NS(=O)(=O)c1ccc(N)cc1)C(C)(C)C. The molecule has 0 aliphatic rings. The molecule has 1 rings (SSSR count). The van der Waals surface area contributed by atoms with E-state index < -0.39 is 10.0 Å². The second-order valence-electron chi connectivity index (χ2n) is 5.28. The molecule has 1 atom stereocenters. The maximum absolute atomic E-state index is 12.0. The maximum atomic E-state index is 12.0. The molecule has 0 saturated heterocycles. The van der Waals surface area contributed by atoms with E-state index in [1.807, 2.05) is 27.7 Å². The molecule has 0 fully saturated rings. The Morgan fingerprint density at radius 3 is 2.06 bits per heavy atom. The van der Waals surface area contributed by atoms with Gasteiger partial charge in [0.2, 0.25) is 10.0 Å². The van der Waals surface area contributed by atoms with Gasteiger partial charge in [-0.15, -0.1) is 0 Å².